The van der Waals surface area contributed by atoms with E-state index < -0.39 is 0 Å². The molecule has 0 saturated heterocycles. The maximum Gasteiger partial charge on any atom is 0.252 e. The molecule has 0 fully saturated rings. The van der Waals surface area contributed by atoms with Crippen molar-refractivity contribution in [3.8, 4) is 72.4 Å². The molecule has 0 aliphatic carbocycles. The zero-order chi connectivity index (χ0) is 69.0. The summed E-state index contributed by atoms with van der Waals surface area (Å²) in [4.78, 5) is 16.1. The molecule has 6 heteroatoms. The van der Waals surface area contributed by atoms with Crippen molar-refractivity contribution in [3.05, 3.63) is 313 Å². The lowest BCUT2D eigenvalue weighted by Gasteiger charge is -2.45. The number of anilines is 4. The summed E-state index contributed by atoms with van der Waals surface area (Å²) in [6.45, 7) is 28.6. The molecule has 3 aromatic heterocycles. The van der Waals surface area contributed by atoms with Crippen LogP contribution in [0.4, 0.5) is 22.7 Å². The monoisotopic (exact) mass is 1300 g/mol. The molecule has 14 aromatic rings. The number of hydrogen-bond donors (Lipinski definition) is 0. The summed E-state index contributed by atoms with van der Waals surface area (Å²) >= 11 is 0. The minimum Gasteiger partial charge on any atom is -0.338 e. The number of rotatable bonds is 11. The van der Waals surface area contributed by atoms with Gasteiger partial charge in [-0.15, -0.1) is 0 Å². The molecule has 0 atom stereocenters. The number of pyridine rings is 2. The molecular formula is C94H86BN5. The van der Waals surface area contributed by atoms with Crippen LogP contribution in [0.1, 0.15) is 117 Å². The van der Waals surface area contributed by atoms with Crippen LogP contribution in [0, 0.1) is 0 Å². The summed E-state index contributed by atoms with van der Waals surface area (Å²) in [5, 5.41) is 2.44. The van der Waals surface area contributed by atoms with Gasteiger partial charge in [-0.05, 0) is 154 Å². The SMILES string of the molecule is CC(C)(C)c1cc(C(C)(C)C)c(-c2ccc3c(c2)B2c4cc(-c5cnc(C(C)(C)C)cc5C(C)(C)C)ccc4N(Cc4c(-c5ccccc5)cccc4-c4ccccc4)c4cc(-n5c6ccccc6c6ccccc65)cc(c42)N3Cc2c(-c3ccccc3)cccc2-c2ccccc2)cn1. The third kappa shape index (κ3) is 11.3. The van der Waals surface area contributed by atoms with Crippen molar-refractivity contribution >= 4 is 67.7 Å². The number of nitrogens with zero attached hydrogens (tertiary/aromatic N) is 5. The maximum atomic E-state index is 5.35. The lowest BCUT2D eigenvalue weighted by atomic mass is 9.33. The molecule has 11 aromatic carbocycles. The first-order valence-corrected chi connectivity index (χ1v) is 35.6. The summed E-state index contributed by atoms with van der Waals surface area (Å²) < 4.78 is 2.54. The highest BCUT2D eigenvalue weighted by Crippen LogP contribution is 2.48. The number of para-hydroxylation sites is 2. The predicted molar refractivity (Wildman–Crippen MR) is 426 cm³/mol. The van der Waals surface area contributed by atoms with Crippen LogP contribution in [0.25, 0.3) is 94.3 Å². The molecule has 0 saturated carbocycles. The van der Waals surface area contributed by atoms with Gasteiger partial charge in [0.05, 0.1) is 16.7 Å². The van der Waals surface area contributed by atoms with Gasteiger partial charge >= 0.3 is 0 Å². The van der Waals surface area contributed by atoms with Crippen LogP contribution in [-0.2, 0) is 34.7 Å². The van der Waals surface area contributed by atoms with Crippen molar-refractivity contribution in [1.29, 1.82) is 0 Å². The van der Waals surface area contributed by atoms with Gasteiger partial charge in [-0.3, -0.25) is 9.97 Å². The van der Waals surface area contributed by atoms with E-state index in [4.69, 9.17) is 9.97 Å². The molecule has 0 unspecified atom stereocenters. The quantitative estimate of drug-likeness (QED) is 0.121. The Kier molecular flexibility index (Phi) is 15.7. The van der Waals surface area contributed by atoms with Crippen LogP contribution >= 0.6 is 0 Å². The zero-order valence-corrected chi connectivity index (χ0v) is 59.8. The second-order valence-corrected chi connectivity index (χ2v) is 31.8. The number of benzene rings is 11. The smallest absolute Gasteiger partial charge is 0.252 e. The van der Waals surface area contributed by atoms with Gasteiger partial charge in [-0.1, -0.05) is 301 Å². The van der Waals surface area contributed by atoms with E-state index in [9.17, 15) is 0 Å². The third-order valence-corrected chi connectivity index (χ3v) is 21.0. The molecule has 0 N–H and O–H groups in total. The van der Waals surface area contributed by atoms with Crippen LogP contribution in [-0.4, -0.2) is 21.2 Å². The van der Waals surface area contributed by atoms with Crippen LogP contribution in [0.5, 0.6) is 0 Å². The van der Waals surface area contributed by atoms with E-state index >= 15 is 0 Å². The van der Waals surface area contributed by atoms with Gasteiger partial charge in [0.1, 0.15) is 0 Å². The number of hydrogen-bond acceptors (Lipinski definition) is 4. The van der Waals surface area contributed by atoms with Crippen LogP contribution < -0.4 is 26.2 Å². The predicted octanol–water partition coefficient (Wildman–Crippen LogP) is 22.6. The standard InChI is InChI=1S/C94H86BN5/c1-91(2,3)78-55-88(93(7,8)9)96-57-74(78)65-47-49-84-80(51-65)95-81-52-66(75-58-97-89(94(10,11)12)56-79(75)92(4,5)6)48-50-85(81)99(60-77-70(63-35-21-15-22-36-63)43-30-44-71(77)64-37-23-16-24-38-64)87-54-67(100-82-45-27-25-39-72(82)73-40-26-28-46-83(73)100)53-86(90(87)95)98(84)59-76-68(61-31-17-13-18-32-61)41-29-42-69(76)62-33-19-14-20-34-62/h13-58H,59-60H2,1-12H3. The van der Waals surface area contributed by atoms with E-state index in [-0.39, 0.29) is 28.4 Å². The zero-order valence-electron chi connectivity index (χ0n) is 59.8. The molecule has 16 rings (SSSR count). The molecule has 100 heavy (non-hydrogen) atoms. The van der Waals surface area contributed by atoms with Gasteiger partial charge in [0, 0.05) is 92.3 Å². The highest BCUT2D eigenvalue weighted by Gasteiger charge is 2.45. The van der Waals surface area contributed by atoms with E-state index in [1.54, 1.807) is 0 Å². The molecule has 5 heterocycles. The maximum absolute atomic E-state index is 5.35. The van der Waals surface area contributed by atoms with E-state index in [1.165, 1.54) is 117 Å². The Morgan fingerprint density at radius 2 is 0.640 bits per heavy atom. The van der Waals surface area contributed by atoms with Crippen molar-refractivity contribution < 1.29 is 0 Å². The minimum atomic E-state index is -0.245. The molecule has 0 spiro atoms. The van der Waals surface area contributed by atoms with Gasteiger partial charge in [-0.2, -0.15) is 0 Å². The van der Waals surface area contributed by atoms with E-state index in [0.29, 0.717) is 13.1 Å². The van der Waals surface area contributed by atoms with Crippen molar-refractivity contribution in [3.63, 3.8) is 0 Å². The summed E-state index contributed by atoms with van der Waals surface area (Å²) in [5.74, 6) is 0. The minimum absolute atomic E-state index is 0.143. The Morgan fingerprint density at radius 3 is 0.980 bits per heavy atom. The fraction of sp³-hybridized carbons (Fsp3) is 0.191. The van der Waals surface area contributed by atoms with E-state index in [0.717, 1.165) is 50.4 Å². The third-order valence-electron chi connectivity index (χ3n) is 21.0. The normalized spacial score (nSPS) is 13.0. The molecule has 0 bridgehead atoms. The number of aromatic nitrogens is 3. The topological polar surface area (TPSA) is 37.2 Å². The average molecular weight is 1300 g/mol. The van der Waals surface area contributed by atoms with Crippen LogP contribution in [0.3, 0.4) is 0 Å². The molecule has 2 aliphatic rings. The second kappa shape index (κ2) is 24.6. The fourth-order valence-electron chi connectivity index (χ4n) is 16.0. The lowest BCUT2D eigenvalue weighted by molar-refractivity contribution is 0.553. The van der Waals surface area contributed by atoms with Gasteiger partial charge in [0.25, 0.3) is 6.71 Å². The Morgan fingerprint density at radius 1 is 0.300 bits per heavy atom. The second-order valence-electron chi connectivity index (χ2n) is 31.8. The van der Waals surface area contributed by atoms with Gasteiger partial charge in [-0.25, -0.2) is 0 Å². The van der Waals surface area contributed by atoms with E-state index in [1.807, 2.05) is 0 Å². The summed E-state index contributed by atoms with van der Waals surface area (Å²) in [6, 6.07) is 101. The summed E-state index contributed by atoms with van der Waals surface area (Å²) in [7, 11) is 0. The van der Waals surface area contributed by atoms with Crippen molar-refractivity contribution in [2.75, 3.05) is 9.80 Å². The summed E-state index contributed by atoms with van der Waals surface area (Å²) in [5.41, 5.74) is 32.6. The first-order chi connectivity index (χ1) is 48.2. The Labute approximate surface area is 591 Å². The first kappa shape index (κ1) is 63.9. The molecule has 490 valence electrons. The lowest BCUT2D eigenvalue weighted by Crippen LogP contribution is -2.62. The highest BCUT2D eigenvalue weighted by atomic mass is 15.2. The van der Waals surface area contributed by atoms with Crippen molar-refractivity contribution in [1.82, 2.24) is 14.5 Å². The van der Waals surface area contributed by atoms with E-state index in [2.05, 4.69) is 377 Å². The Hall–Kier alpha value is -10.8. The van der Waals surface area contributed by atoms with Gasteiger partial charge in [0.2, 0.25) is 0 Å². The largest absolute Gasteiger partial charge is 0.338 e. The highest BCUT2D eigenvalue weighted by molar-refractivity contribution is 7.00. The van der Waals surface area contributed by atoms with Crippen LogP contribution in [0.15, 0.2) is 279 Å². The molecular weight excluding hydrogens is 1210 g/mol. The molecule has 2 aliphatic heterocycles. The summed E-state index contributed by atoms with van der Waals surface area (Å²) in [6.07, 6.45) is 4.35. The number of fused-ring (bicyclic) bond motifs is 7. The fourth-order valence-corrected chi connectivity index (χ4v) is 16.0. The molecule has 5 nitrogen and oxygen atoms in total. The van der Waals surface area contributed by atoms with Gasteiger partial charge < -0.3 is 14.4 Å². The van der Waals surface area contributed by atoms with Crippen molar-refractivity contribution in [2.24, 2.45) is 0 Å². The molecule has 0 amide bonds. The Bertz CT molecular complexity index is 5020. The molecule has 0 radical (unpaired) electrons. The van der Waals surface area contributed by atoms with Crippen molar-refractivity contribution in [2.45, 2.75) is 118 Å². The first-order valence-electron chi connectivity index (χ1n) is 35.6. The van der Waals surface area contributed by atoms with Gasteiger partial charge in [0.15, 0.2) is 0 Å². The van der Waals surface area contributed by atoms with Crippen LogP contribution in [0.2, 0.25) is 0 Å². The average Bonchev–Trinajstić information content (AvgIpc) is 0.821. The Balaban J connectivity index is 1.06.